The summed E-state index contributed by atoms with van der Waals surface area (Å²) in [4.78, 5) is 12.7. The van der Waals surface area contributed by atoms with E-state index in [1.54, 1.807) is 0 Å². The Bertz CT molecular complexity index is 1630. The maximum absolute atomic E-state index is 12.7. The van der Waals surface area contributed by atoms with Crippen LogP contribution in [0.2, 0.25) is 0 Å². The molecule has 4 rings (SSSR count). The predicted octanol–water partition coefficient (Wildman–Crippen LogP) is 4.14. The minimum atomic E-state index is -3.54. The van der Waals surface area contributed by atoms with Gasteiger partial charge in [0.2, 0.25) is 19.3 Å². The Hall–Kier alpha value is -4.01. The second-order valence-electron chi connectivity index (χ2n) is 8.18. The molecule has 184 valence electrons. The average Bonchev–Trinajstić information content (AvgIpc) is 3.44. The number of rotatable bonds is 8. The topological polar surface area (TPSA) is 127 Å². The number of aromatic nitrogens is 3. The Labute approximate surface area is 212 Å². The number of hydrogen-bond donors (Lipinski definition) is 1. The van der Waals surface area contributed by atoms with Gasteiger partial charge in [-0.25, -0.2) is 8.42 Å². The van der Waals surface area contributed by atoms with Gasteiger partial charge in [-0.15, -0.1) is 10.2 Å². The van der Waals surface area contributed by atoms with E-state index >= 15 is 0 Å². The standard InChI is InChI=1S/C25H23N5O4S2/c1-16-8-9-22(17(2)12-16)34-11-10-30-15-19(20-6-4-5-7-21(20)30)13-18(14-26)23(31)27-24-28-29-25(35-24)36(3,32)33/h4-9,12-13,15H,10-11H2,1-3H3,(H,27,28,31)/b18-13-. The van der Waals surface area contributed by atoms with Crippen LogP contribution in [-0.2, 0) is 21.2 Å². The van der Waals surface area contributed by atoms with Crippen molar-refractivity contribution < 1.29 is 17.9 Å². The number of para-hydroxylation sites is 1. The van der Waals surface area contributed by atoms with Crippen molar-refractivity contribution in [2.24, 2.45) is 0 Å². The maximum Gasteiger partial charge on any atom is 0.268 e. The molecule has 2 aromatic carbocycles. The van der Waals surface area contributed by atoms with Crippen molar-refractivity contribution in [3.8, 4) is 11.8 Å². The molecule has 0 saturated heterocycles. The number of amides is 1. The second kappa shape index (κ2) is 10.3. The van der Waals surface area contributed by atoms with Gasteiger partial charge in [0.1, 0.15) is 24.0 Å². The Morgan fingerprint density at radius 2 is 2.00 bits per heavy atom. The fraction of sp³-hybridized carbons (Fsp3) is 0.200. The van der Waals surface area contributed by atoms with Crippen molar-refractivity contribution in [1.82, 2.24) is 14.8 Å². The van der Waals surface area contributed by atoms with Gasteiger partial charge in [-0.3, -0.25) is 10.1 Å². The third-order valence-corrected chi connectivity index (χ3v) is 7.86. The van der Waals surface area contributed by atoms with Crippen LogP contribution in [0.15, 0.2) is 58.6 Å². The highest BCUT2D eigenvalue weighted by atomic mass is 32.2. The molecule has 1 N–H and O–H groups in total. The number of benzene rings is 2. The van der Waals surface area contributed by atoms with Crippen molar-refractivity contribution in [3.05, 3.63) is 70.9 Å². The fourth-order valence-electron chi connectivity index (χ4n) is 3.67. The smallest absolute Gasteiger partial charge is 0.268 e. The van der Waals surface area contributed by atoms with Crippen molar-refractivity contribution in [2.45, 2.75) is 24.7 Å². The van der Waals surface area contributed by atoms with Crippen LogP contribution < -0.4 is 10.1 Å². The molecular formula is C25H23N5O4S2. The molecule has 0 unspecified atom stereocenters. The van der Waals surface area contributed by atoms with E-state index in [4.69, 9.17) is 4.74 Å². The number of nitrogens with zero attached hydrogens (tertiary/aromatic N) is 4. The van der Waals surface area contributed by atoms with E-state index in [9.17, 15) is 18.5 Å². The Kier molecular flexibility index (Phi) is 7.19. The molecule has 0 aliphatic rings. The Morgan fingerprint density at radius 3 is 2.69 bits per heavy atom. The van der Waals surface area contributed by atoms with Gasteiger partial charge in [0.15, 0.2) is 0 Å². The van der Waals surface area contributed by atoms with Crippen LogP contribution in [0.25, 0.3) is 17.0 Å². The molecule has 0 saturated carbocycles. The molecule has 2 heterocycles. The van der Waals surface area contributed by atoms with Crippen LogP contribution in [-0.4, -0.2) is 42.0 Å². The summed E-state index contributed by atoms with van der Waals surface area (Å²) < 4.78 is 31.0. The van der Waals surface area contributed by atoms with Crippen molar-refractivity contribution in [1.29, 1.82) is 5.26 Å². The number of anilines is 1. The van der Waals surface area contributed by atoms with Crippen LogP contribution in [0.3, 0.4) is 0 Å². The first-order chi connectivity index (χ1) is 17.2. The zero-order valence-electron chi connectivity index (χ0n) is 19.8. The van der Waals surface area contributed by atoms with Gasteiger partial charge in [0.25, 0.3) is 5.91 Å². The molecule has 2 aromatic heterocycles. The monoisotopic (exact) mass is 521 g/mol. The van der Waals surface area contributed by atoms with E-state index in [-0.39, 0.29) is 15.0 Å². The largest absolute Gasteiger partial charge is 0.491 e. The fourth-order valence-corrected chi connectivity index (χ4v) is 5.17. The molecule has 0 bridgehead atoms. The van der Waals surface area contributed by atoms with Crippen molar-refractivity contribution >= 4 is 49.2 Å². The summed E-state index contributed by atoms with van der Waals surface area (Å²) in [6, 6.07) is 15.6. The van der Waals surface area contributed by atoms with E-state index < -0.39 is 15.7 Å². The molecule has 0 atom stereocenters. The first-order valence-corrected chi connectivity index (χ1v) is 13.6. The summed E-state index contributed by atoms with van der Waals surface area (Å²) in [5.41, 5.74) is 3.72. The van der Waals surface area contributed by atoms with Gasteiger partial charge in [0.05, 0.1) is 6.54 Å². The molecule has 36 heavy (non-hydrogen) atoms. The lowest BCUT2D eigenvalue weighted by molar-refractivity contribution is -0.112. The van der Waals surface area contributed by atoms with E-state index in [1.807, 2.05) is 67.1 Å². The quantitative estimate of drug-likeness (QED) is 0.210. The number of fused-ring (bicyclic) bond motifs is 1. The number of nitrogens with one attached hydrogen (secondary N) is 1. The molecular weight excluding hydrogens is 498 g/mol. The Morgan fingerprint density at radius 1 is 1.22 bits per heavy atom. The molecule has 0 aliphatic carbocycles. The highest BCUT2D eigenvalue weighted by Crippen LogP contribution is 2.25. The summed E-state index contributed by atoms with van der Waals surface area (Å²) in [5, 5.41) is 20.2. The normalized spacial score (nSPS) is 11.9. The first kappa shape index (κ1) is 25.1. The molecule has 0 fully saturated rings. The van der Waals surface area contributed by atoms with Gasteiger partial charge < -0.3 is 9.30 Å². The highest BCUT2D eigenvalue weighted by Gasteiger charge is 2.18. The highest BCUT2D eigenvalue weighted by molar-refractivity contribution is 7.92. The van der Waals surface area contributed by atoms with E-state index in [2.05, 4.69) is 21.6 Å². The lowest BCUT2D eigenvalue weighted by Gasteiger charge is -2.11. The second-order valence-corrected chi connectivity index (χ2v) is 11.3. The average molecular weight is 522 g/mol. The van der Waals surface area contributed by atoms with Gasteiger partial charge in [-0.1, -0.05) is 47.2 Å². The van der Waals surface area contributed by atoms with Crippen LogP contribution in [0.4, 0.5) is 5.13 Å². The van der Waals surface area contributed by atoms with Gasteiger partial charge in [0, 0.05) is 28.9 Å². The molecule has 4 aromatic rings. The van der Waals surface area contributed by atoms with E-state index in [0.717, 1.165) is 39.8 Å². The SMILES string of the molecule is Cc1ccc(OCCn2cc(/C=C(/C#N)C(=O)Nc3nnc(S(C)(=O)=O)s3)c3ccccc32)c(C)c1. The summed E-state index contributed by atoms with van der Waals surface area (Å²) >= 11 is 0.721. The summed E-state index contributed by atoms with van der Waals surface area (Å²) in [7, 11) is -3.54. The number of aryl methyl sites for hydroxylation is 2. The number of carbonyl (C=O) groups excluding carboxylic acids is 1. The zero-order valence-corrected chi connectivity index (χ0v) is 21.5. The minimum Gasteiger partial charge on any atom is -0.491 e. The van der Waals surface area contributed by atoms with Crippen LogP contribution >= 0.6 is 11.3 Å². The summed E-state index contributed by atoms with van der Waals surface area (Å²) in [5.74, 6) is 0.125. The van der Waals surface area contributed by atoms with Gasteiger partial charge in [-0.05, 0) is 37.6 Å². The van der Waals surface area contributed by atoms with Crippen molar-refractivity contribution in [3.63, 3.8) is 0 Å². The summed E-state index contributed by atoms with van der Waals surface area (Å²) in [6.07, 6.45) is 4.37. The molecule has 0 aliphatic heterocycles. The van der Waals surface area contributed by atoms with Crippen molar-refractivity contribution in [2.75, 3.05) is 18.2 Å². The number of nitriles is 1. The lowest BCUT2D eigenvalue weighted by atomic mass is 10.1. The van der Waals surface area contributed by atoms with Crippen LogP contribution in [0, 0.1) is 25.2 Å². The van der Waals surface area contributed by atoms with Crippen LogP contribution in [0.5, 0.6) is 5.75 Å². The first-order valence-electron chi connectivity index (χ1n) is 10.9. The third-order valence-electron chi connectivity index (χ3n) is 5.35. The molecule has 1 amide bonds. The van der Waals surface area contributed by atoms with E-state index in [0.29, 0.717) is 18.7 Å². The number of ether oxygens (including phenoxy) is 1. The number of sulfone groups is 1. The van der Waals surface area contributed by atoms with Gasteiger partial charge in [-0.2, -0.15) is 5.26 Å². The molecule has 11 heteroatoms. The zero-order chi connectivity index (χ0) is 25.9. The van der Waals surface area contributed by atoms with Crippen LogP contribution in [0.1, 0.15) is 16.7 Å². The minimum absolute atomic E-state index is 0.00690. The number of carbonyl (C=O) groups is 1. The lowest BCUT2D eigenvalue weighted by Crippen LogP contribution is -2.13. The Balaban J connectivity index is 1.55. The van der Waals surface area contributed by atoms with Gasteiger partial charge >= 0.3 is 0 Å². The number of hydrogen-bond acceptors (Lipinski definition) is 8. The molecule has 0 radical (unpaired) electrons. The molecule has 9 nitrogen and oxygen atoms in total. The van der Waals surface area contributed by atoms with E-state index in [1.165, 1.54) is 11.6 Å². The molecule has 0 spiro atoms. The summed E-state index contributed by atoms with van der Waals surface area (Å²) in [6.45, 7) is 5.05. The predicted molar refractivity (Wildman–Crippen MR) is 139 cm³/mol. The maximum atomic E-state index is 12.7. The third kappa shape index (κ3) is 5.62.